The van der Waals surface area contributed by atoms with Crippen LogP contribution in [0.2, 0.25) is 0 Å². The molecule has 1 aliphatic rings. The molecule has 7 heteroatoms. The van der Waals surface area contributed by atoms with Crippen molar-refractivity contribution in [2.24, 2.45) is 0 Å². The number of aliphatic hydroxyl groups excluding tert-OH is 1. The smallest absolute Gasteiger partial charge is 0.286 e. The molecule has 1 aromatic rings. The van der Waals surface area contributed by atoms with Crippen LogP contribution in [0.15, 0.2) is 22.8 Å². The van der Waals surface area contributed by atoms with Crippen molar-refractivity contribution in [1.82, 2.24) is 15.1 Å². The first kappa shape index (κ1) is 15.5. The summed E-state index contributed by atoms with van der Waals surface area (Å²) < 4.78 is 4.97. The summed E-state index contributed by atoms with van der Waals surface area (Å²) in [7, 11) is 0. The molecule has 21 heavy (non-hydrogen) atoms. The second-order valence-corrected chi connectivity index (χ2v) is 4.93. The highest BCUT2D eigenvalue weighted by Gasteiger charge is 2.20. The first-order valence-corrected chi connectivity index (χ1v) is 7.13. The van der Waals surface area contributed by atoms with Crippen molar-refractivity contribution < 1.29 is 19.1 Å². The van der Waals surface area contributed by atoms with E-state index in [2.05, 4.69) is 10.2 Å². The van der Waals surface area contributed by atoms with E-state index in [0.717, 1.165) is 13.1 Å². The number of hydrogen-bond acceptors (Lipinski definition) is 5. The average Bonchev–Trinajstić information content (AvgIpc) is 3.02. The van der Waals surface area contributed by atoms with Gasteiger partial charge in [-0.1, -0.05) is 0 Å². The van der Waals surface area contributed by atoms with Gasteiger partial charge in [-0.3, -0.25) is 14.5 Å². The molecule has 0 bridgehead atoms. The van der Waals surface area contributed by atoms with Crippen molar-refractivity contribution in [3.63, 3.8) is 0 Å². The second kappa shape index (κ2) is 7.80. The predicted octanol–water partition coefficient (Wildman–Crippen LogP) is -0.464. The number of piperazine rings is 1. The van der Waals surface area contributed by atoms with Gasteiger partial charge in [0.15, 0.2) is 5.76 Å². The van der Waals surface area contributed by atoms with Crippen LogP contribution in [0, 0.1) is 0 Å². The Hall–Kier alpha value is -1.86. The fraction of sp³-hybridized carbons (Fsp3) is 0.571. The van der Waals surface area contributed by atoms with Gasteiger partial charge in [-0.2, -0.15) is 0 Å². The fourth-order valence-electron chi connectivity index (χ4n) is 2.30. The van der Waals surface area contributed by atoms with E-state index >= 15 is 0 Å². The molecular formula is C14H21N3O4. The molecule has 7 nitrogen and oxygen atoms in total. The molecule has 0 atom stereocenters. The van der Waals surface area contributed by atoms with Gasteiger partial charge in [0.05, 0.1) is 12.9 Å². The standard InChI is InChI=1S/C14H21N3O4/c18-10-9-16-5-7-17(8-6-16)13(19)3-4-15-14(20)12-2-1-11-21-12/h1-2,11,18H,3-10H2,(H,15,20). The van der Waals surface area contributed by atoms with Gasteiger partial charge in [-0.05, 0) is 12.1 Å². The molecule has 1 aliphatic heterocycles. The summed E-state index contributed by atoms with van der Waals surface area (Å²) >= 11 is 0. The number of β-amino-alcohol motifs (C(OH)–C–C–N with tert-alkyl or cyclic N) is 1. The van der Waals surface area contributed by atoms with Crippen LogP contribution in [0.3, 0.4) is 0 Å². The maximum atomic E-state index is 12.0. The molecule has 0 aliphatic carbocycles. The van der Waals surface area contributed by atoms with E-state index < -0.39 is 0 Å². The molecule has 1 fully saturated rings. The van der Waals surface area contributed by atoms with E-state index in [-0.39, 0.29) is 30.6 Å². The summed E-state index contributed by atoms with van der Waals surface area (Å²) in [6.45, 7) is 4.01. The third-order valence-corrected chi connectivity index (χ3v) is 3.51. The number of aliphatic hydroxyl groups is 1. The maximum absolute atomic E-state index is 12.0. The van der Waals surface area contributed by atoms with Crippen LogP contribution in [-0.4, -0.2) is 72.6 Å². The zero-order valence-electron chi connectivity index (χ0n) is 12.0. The van der Waals surface area contributed by atoms with E-state index in [1.54, 1.807) is 17.0 Å². The topological polar surface area (TPSA) is 86.0 Å². The molecule has 2 heterocycles. The largest absolute Gasteiger partial charge is 0.459 e. The minimum Gasteiger partial charge on any atom is -0.459 e. The zero-order valence-corrected chi connectivity index (χ0v) is 12.0. The van der Waals surface area contributed by atoms with Crippen molar-refractivity contribution in [1.29, 1.82) is 0 Å². The van der Waals surface area contributed by atoms with Gasteiger partial charge >= 0.3 is 0 Å². The molecule has 0 unspecified atom stereocenters. The molecular weight excluding hydrogens is 274 g/mol. The van der Waals surface area contributed by atoms with Crippen LogP contribution in [0.1, 0.15) is 17.0 Å². The molecule has 2 amide bonds. The van der Waals surface area contributed by atoms with Crippen molar-refractivity contribution >= 4 is 11.8 Å². The van der Waals surface area contributed by atoms with E-state index in [1.807, 2.05) is 0 Å². The lowest BCUT2D eigenvalue weighted by Gasteiger charge is -2.34. The Morgan fingerprint density at radius 3 is 2.67 bits per heavy atom. The number of furan rings is 1. The Morgan fingerprint density at radius 2 is 2.05 bits per heavy atom. The third-order valence-electron chi connectivity index (χ3n) is 3.51. The van der Waals surface area contributed by atoms with Crippen molar-refractivity contribution in [2.45, 2.75) is 6.42 Å². The lowest BCUT2D eigenvalue weighted by molar-refractivity contribution is -0.132. The Morgan fingerprint density at radius 1 is 1.29 bits per heavy atom. The maximum Gasteiger partial charge on any atom is 0.286 e. The number of carbonyl (C=O) groups is 2. The summed E-state index contributed by atoms with van der Waals surface area (Å²) in [5.74, 6) is -0.0148. The monoisotopic (exact) mass is 295 g/mol. The van der Waals surface area contributed by atoms with Crippen LogP contribution in [0.4, 0.5) is 0 Å². The van der Waals surface area contributed by atoms with Gasteiger partial charge in [0.2, 0.25) is 5.91 Å². The van der Waals surface area contributed by atoms with Crippen LogP contribution in [0.5, 0.6) is 0 Å². The lowest BCUT2D eigenvalue weighted by Crippen LogP contribution is -2.49. The van der Waals surface area contributed by atoms with E-state index in [9.17, 15) is 9.59 Å². The molecule has 0 radical (unpaired) electrons. The first-order chi connectivity index (χ1) is 10.2. The number of nitrogens with one attached hydrogen (secondary N) is 1. The molecule has 1 aromatic heterocycles. The Bertz CT molecular complexity index is 453. The van der Waals surface area contributed by atoms with E-state index in [4.69, 9.17) is 9.52 Å². The molecule has 116 valence electrons. The van der Waals surface area contributed by atoms with Crippen LogP contribution >= 0.6 is 0 Å². The highest BCUT2D eigenvalue weighted by Crippen LogP contribution is 2.04. The quantitative estimate of drug-likeness (QED) is 0.741. The predicted molar refractivity (Wildman–Crippen MR) is 75.8 cm³/mol. The highest BCUT2D eigenvalue weighted by atomic mass is 16.3. The SMILES string of the molecule is O=C(NCCC(=O)N1CCN(CCO)CC1)c1ccco1. The van der Waals surface area contributed by atoms with Crippen molar-refractivity contribution in [3.05, 3.63) is 24.2 Å². The Kier molecular flexibility index (Phi) is 5.77. The molecule has 0 aromatic carbocycles. The van der Waals surface area contributed by atoms with Crippen molar-refractivity contribution in [3.8, 4) is 0 Å². The minimum absolute atomic E-state index is 0.0402. The van der Waals surface area contributed by atoms with E-state index in [0.29, 0.717) is 26.2 Å². The molecule has 1 saturated heterocycles. The van der Waals surface area contributed by atoms with Gasteiger partial charge in [0.25, 0.3) is 5.91 Å². The lowest BCUT2D eigenvalue weighted by atomic mass is 10.2. The van der Waals surface area contributed by atoms with E-state index in [1.165, 1.54) is 6.26 Å². The van der Waals surface area contributed by atoms with Gasteiger partial charge in [-0.15, -0.1) is 0 Å². The number of nitrogens with zero attached hydrogens (tertiary/aromatic N) is 2. The second-order valence-electron chi connectivity index (χ2n) is 4.93. The normalized spacial score (nSPS) is 16.0. The number of hydrogen-bond donors (Lipinski definition) is 2. The van der Waals surface area contributed by atoms with Crippen molar-refractivity contribution in [2.75, 3.05) is 45.9 Å². The molecule has 0 spiro atoms. The number of amides is 2. The number of carbonyl (C=O) groups excluding carboxylic acids is 2. The Labute approximate surface area is 123 Å². The Balaban J connectivity index is 1.65. The molecule has 2 N–H and O–H groups in total. The summed E-state index contributed by atoms with van der Waals surface area (Å²) in [4.78, 5) is 27.6. The molecule has 2 rings (SSSR count). The highest BCUT2D eigenvalue weighted by molar-refractivity contribution is 5.91. The van der Waals surface area contributed by atoms with Gasteiger partial charge < -0.3 is 19.7 Å². The summed E-state index contributed by atoms with van der Waals surface area (Å²) in [5, 5.41) is 11.5. The summed E-state index contributed by atoms with van der Waals surface area (Å²) in [5.41, 5.74) is 0. The van der Waals surface area contributed by atoms with Crippen LogP contribution in [0.25, 0.3) is 0 Å². The first-order valence-electron chi connectivity index (χ1n) is 7.13. The van der Waals surface area contributed by atoms with Crippen LogP contribution in [-0.2, 0) is 4.79 Å². The zero-order chi connectivity index (χ0) is 15.1. The summed E-state index contributed by atoms with van der Waals surface area (Å²) in [6, 6.07) is 3.23. The van der Waals surface area contributed by atoms with Gasteiger partial charge in [0.1, 0.15) is 0 Å². The van der Waals surface area contributed by atoms with Crippen LogP contribution < -0.4 is 5.32 Å². The van der Waals surface area contributed by atoms with Gasteiger partial charge in [0, 0.05) is 45.7 Å². The minimum atomic E-state index is -0.305. The number of rotatable bonds is 6. The molecule has 0 saturated carbocycles. The van der Waals surface area contributed by atoms with Gasteiger partial charge in [-0.25, -0.2) is 0 Å². The summed E-state index contributed by atoms with van der Waals surface area (Å²) in [6.07, 6.45) is 1.72. The third kappa shape index (κ3) is 4.57. The fourth-order valence-corrected chi connectivity index (χ4v) is 2.30. The average molecular weight is 295 g/mol.